The molecule has 2 fully saturated rings. The number of allylic oxidation sites excluding steroid dienone is 1. The van der Waals surface area contributed by atoms with Gasteiger partial charge in [-0.25, -0.2) is 4.31 Å². The van der Waals surface area contributed by atoms with Crippen LogP contribution in [0, 0.1) is 29.1 Å². The smallest absolute Gasteiger partial charge is 0.227 e. The maximum atomic E-state index is 12.4. The second kappa shape index (κ2) is 10.7. The van der Waals surface area contributed by atoms with Gasteiger partial charge in [-0.1, -0.05) is 25.8 Å². The number of nitrogens with zero attached hydrogens (tertiary/aromatic N) is 2. The van der Waals surface area contributed by atoms with E-state index in [4.69, 9.17) is 5.26 Å². The molecule has 0 bridgehead atoms. The molecular weight excluding hydrogens is 366 g/mol. The van der Waals surface area contributed by atoms with Crippen LogP contribution in [0.5, 0.6) is 0 Å². The molecule has 1 aromatic rings. The highest BCUT2D eigenvalue weighted by Crippen LogP contribution is 2.35. The van der Waals surface area contributed by atoms with Gasteiger partial charge in [0.2, 0.25) is 5.91 Å². The van der Waals surface area contributed by atoms with Crippen LogP contribution in [-0.4, -0.2) is 23.3 Å². The van der Waals surface area contributed by atoms with E-state index in [2.05, 4.69) is 28.7 Å². The van der Waals surface area contributed by atoms with Gasteiger partial charge < -0.3 is 5.32 Å². The van der Waals surface area contributed by atoms with Crippen molar-refractivity contribution in [3.8, 4) is 6.07 Å². The molecule has 1 saturated heterocycles. The highest BCUT2D eigenvalue weighted by molar-refractivity contribution is 7.97. The molecule has 0 spiro atoms. The zero-order valence-corrected chi connectivity index (χ0v) is 17.6. The fraction of sp³-hybridized carbons (Fsp3) is 0.565. The molecule has 28 heavy (non-hydrogen) atoms. The Morgan fingerprint density at radius 1 is 1.21 bits per heavy atom. The lowest BCUT2D eigenvalue weighted by Gasteiger charge is -2.29. The summed E-state index contributed by atoms with van der Waals surface area (Å²) in [6, 6.07) is 9.82. The molecule has 0 aromatic heterocycles. The molecule has 1 N–H and O–H groups in total. The zero-order chi connectivity index (χ0) is 19.8. The summed E-state index contributed by atoms with van der Waals surface area (Å²) < 4.78 is 2.31. The predicted octanol–water partition coefficient (Wildman–Crippen LogP) is 5.12. The molecule has 3 rings (SSSR count). The number of benzene rings is 1. The third-order valence-electron chi connectivity index (χ3n) is 6.08. The Kier molecular flexibility index (Phi) is 8.00. The van der Waals surface area contributed by atoms with Crippen molar-refractivity contribution in [1.82, 2.24) is 9.62 Å². The first-order valence-electron chi connectivity index (χ1n) is 10.6. The molecule has 2 unspecified atom stereocenters. The number of nitrogens with one attached hydrogen (secondary N) is 1. The molecule has 1 heterocycles. The summed E-state index contributed by atoms with van der Waals surface area (Å²) in [5.74, 6) is 2.00. The number of rotatable bonds is 7. The van der Waals surface area contributed by atoms with Gasteiger partial charge >= 0.3 is 0 Å². The van der Waals surface area contributed by atoms with Gasteiger partial charge in [0, 0.05) is 23.9 Å². The molecule has 1 aliphatic heterocycles. The minimum Gasteiger partial charge on any atom is -0.333 e. The lowest BCUT2D eigenvalue weighted by Crippen LogP contribution is -2.36. The highest BCUT2D eigenvalue weighted by Gasteiger charge is 2.25. The number of hydrogen-bond donors (Lipinski definition) is 1. The summed E-state index contributed by atoms with van der Waals surface area (Å²) in [4.78, 5) is 13.6. The van der Waals surface area contributed by atoms with Crippen LogP contribution in [0.4, 0.5) is 0 Å². The lowest BCUT2D eigenvalue weighted by atomic mass is 9.97. The maximum absolute atomic E-state index is 12.4. The van der Waals surface area contributed by atoms with Crippen molar-refractivity contribution in [3.05, 3.63) is 42.1 Å². The van der Waals surface area contributed by atoms with Gasteiger partial charge in [0.05, 0.1) is 11.6 Å². The average molecular weight is 398 g/mol. The predicted molar refractivity (Wildman–Crippen MR) is 114 cm³/mol. The van der Waals surface area contributed by atoms with E-state index >= 15 is 0 Å². The van der Waals surface area contributed by atoms with Crippen LogP contribution in [0.3, 0.4) is 0 Å². The molecule has 1 saturated carbocycles. The van der Waals surface area contributed by atoms with Crippen molar-refractivity contribution in [1.29, 1.82) is 5.26 Å². The third kappa shape index (κ3) is 6.12. The Balaban J connectivity index is 1.34. The second-order valence-electron chi connectivity index (χ2n) is 8.03. The molecule has 2 atom stereocenters. The first-order valence-corrected chi connectivity index (χ1v) is 11.3. The van der Waals surface area contributed by atoms with Gasteiger partial charge in [-0.2, -0.15) is 5.26 Å². The molecule has 1 aromatic carbocycles. The minimum absolute atomic E-state index is 0.110. The molecule has 4 nitrogen and oxygen atoms in total. The van der Waals surface area contributed by atoms with E-state index in [0.29, 0.717) is 5.56 Å². The van der Waals surface area contributed by atoms with Crippen molar-refractivity contribution in [2.24, 2.45) is 17.8 Å². The zero-order valence-electron chi connectivity index (χ0n) is 16.8. The summed E-state index contributed by atoms with van der Waals surface area (Å²) in [7, 11) is 0. The van der Waals surface area contributed by atoms with Crippen molar-refractivity contribution < 1.29 is 4.79 Å². The van der Waals surface area contributed by atoms with E-state index < -0.39 is 0 Å². The Morgan fingerprint density at radius 2 is 1.93 bits per heavy atom. The molecule has 5 heteroatoms. The number of amides is 1. The van der Waals surface area contributed by atoms with Crippen LogP contribution in [0.15, 0.2) is 41.4 Å². The summed E-state index contributed by atoms with van der Waals surface area (Å²) in [6.07, 6.45) is 12.3. The van der Waals surface area contributed by atoms with E-state index in [-0.39, 0.29) is 11.8 Å². The first-order chi connectivity index (χ1) is 13.7. The van der Waals surface area contributed by atoms with Crippen LogP contribution >= 0.6 is 11.9 Å². The quantitative estimate of drug-likeness (QED) is 0.649. The first kappa shape index (κ1) is 21.0. The Hall–Kier alpha value is -1.77. The van der Waals surface area contributed by atoms with Crippen LogP contribution < -0.4 is 5.32 Å². The topological polar surface area (TPSA) is 56.1 Å². The number of nitriles is 1. The maximum Gasteiger partial charge on any atom is 0.227 e. The monoisotopic (exact) mass is 397 g/mol. The third-order valence-corrected chi connectivity index (χ3v) is 7.19. The van der Waals surface area contributed by atoms with Gasteiger partial charge in [-0.3, -0.25) is 4.79 Å². The Bertz CT molecular complexity index is 702. The molecule has 150 valence electrons. The van der Waals surface area contributed by atoms with E-state index in [9.17, 15) is 4.79 Å². The van der Waals surface area contributed by atoms with E-state index in [1.165, 1.54) is 25.7 Å². The van der Waals surface area contributed by atoms with Crippen LogP contribution in [0.25, 0.3) is 0 Å². The molecule has 2 aliphatic rings. The molecule has 0 radical (unpaired) electrons. The summed E-state index contributed by atoms with van der Waals surface area (Å²) in [5.41, 5.74) is 0.686. The van der Waals surface area contributed by atoms with Crippen LogP contribution in [-0.2, 0) is 4.79 Å². The van der Waals surface area contributed by atoms with Gasteiger partial charge in [0.15, 0.2) is 0 Å². The lowest BCUT2D eigenvalue weighted by molar-refractivity contribution is -0.125. The SMILES string of the molecule is CCC1CCC(C/C=C\NC(=O)C2CCN(Sc3ccc(C#N)cc3)CC2)C1. The summed E-state index contributed by atoms with van der Waals surface area (Å²) in [6.45, 7) is 4.11. The van der Waals surface area contributed by atoms with E-state index in [0.717, 1.165) is 49.1 Å². The Morgan fingerprint density at radius 3 is 2.57 bits per heavy atom. The largest absolute Gasteiger partial charge is 0.333 e. The van der Waals surface area contributed by atoms with Crippen molar-refractivity contribution in [2.45, 2.75) is 56.8 Å². The molecular formula is C23H31N3OS. The number of carbonyl (C=O) groups excluding carboxylic acids is 1. The second-order valence-corrected chi connectivity index (χ2v) is 9.20. The fourth-order valence-electron chi connectivity index (χ4n) is 4.23. The van der Waals surface area contributed by atoms with Gasteiger partial charge in [0.25, 0.3) is 0 Å². The molecule has 1 amide bonds. The number of hydrogen-bond acceptors (Lipinski definition) is 4. The van der Waals surface area contributed by atoms with E-state index in [1.807, 2.05) is 30.5 Å². The van der Waals surface area contributed by atoms with Crippen molar-refractivity contribution in [2.75, 3.05) is 13.1 Å². The van der Waals surface area contributed by atoms with Crippen LogP contribution in [0.2, 0.25) is 0 Å². The van der Waals surface area contributed by atoms with Crippen LogP contribution in [0.1, 0.15) is 57.4 Å². The van der Waals surface area contributed by atoms with Gasteiger partial charge in [-0.15, -0.1) is 0 Å². The van der Waals surface area contributed by atoms with Gasteiger partial charge in [-0.05, 0) is 86.4 Å². The summed E-state index contributed by atoms with van der Waals surface area (Å²) in [5, 5.41) is 11.9. The van der Waals surface area contributed by atoms with Crippen molar-refractivity contribution >= 4 is 17.9 Å². The minimum atomic E-state index is 0.110. The number of carbonyl (C=O) groups is 1. The highest BCUT2D eigenvalue weighted by atomic mass is 32.2. The normalized spacial score (nSPS) is 23.7. The van der Waals surface area contributed by atoms with Crippen molar-refractivity contribution in [3.63, 3.8) is 0 Å². The fourth-order valence-corrected chi connectivity index (χ4v) is 5.18. The average Bonchev–Trinajstić information content (AvgIpc) is 3.20. The standard InChI is InChI=1S/C23H31N3OS/c1-2-18-5-6-19(16-18)4-3-13-25-23(27)21-11-14-26(15-12-21)28-22-9-7-20(17-24)8-10-22/h3,7-10,13,18-19,21H,2,4-6,11-12,14-16H2,1H3,(H,25,27)/b13-3-. The van der Waals surface area contributed by atoms with Gasteiger partial charge in [0.1, 0.15) is 0 Å². The molecule has 1 aliphatic carbocycles. The number of piperidine rings is 1. The van der Waals surface area contributed by atoms with E-state index in [1.54, 1.807) is 11.9 Å². The summed E-state index contributed by atoms with van der Waals surface area (Å²) >= 11 is 1.71. The Labute approximate surface area is 173 Å².